The zero-order valence-corrected chi connectivity index (χ0v) is 8.23. The summed E-state index contributed by atoms with van der Waals surface area (Å²) in [6, 6.07) is 3.95. The van der Waals surface area contributed by atoms with Crippen molar-refractivity contribution < 1.29 is 0 Å². The van der Waals surface area contributed by atoms with Crippen LogP contribution in [0, 0.1) is 13.8 Å². The summed E-state index contributed by atoms with van der Waals surface area (Å²) in [5.74, 6) is 0. The summed E-state index contributed by atoms with van der Waals surface area (Å²) in [5.41, 5.74) is 9.17. The van der Waals surface area contributed by atoms with Crippen LogP contribution in [0.5, 0.6) is 0 Å². The first-order valence-electron chi connectivity index (χ1n) is 4.41. The molecule has 72 valence electrons. The van der Waals surface area contributed by atoms with Gasteiger partial charge >= 0.3 is 0 Å². The van der Waals surface area contributed by atoms with Crippen molar-refractivity contribution in [1.29, 1.82) is 0 Å². The van der Waals surface area contributed by atoms with Crippen LogP contribution in [0.1, 0.15) is 11.4 Å². The predicted octanol–water partition coefficient (Wildman–Crippen LogP) is 1.47. The van der Waals surface area contributed by atoms with Gasteiger partial charge in [0, 0.05) is 5.69 Å². The molecule has 0 unspecified atom stereocenters. The first-order chi connectivity index (χ1) is 6.66. The maximum absolute atomic E-state index is 5.59. The van der Waals surface area contributed by atoms with Crippen molar-refractivity contribution in [3.63, 3.8) is 0 Å². The lowest BCUT2D eigenvalue weighted by atomic mass is 10.3. The molecule has 0 aliphatic rings. The van der Waals surface area contributed by atoms with Gasteiger partial charge in [-0.15, -0.1) is 0 Å². The Morgan fingerprint density at radius 2 is 2.07 bits per heavy atom. The summed E-state index contributed by atoms with van der Waals surface area (Å²) in [5, 5.41) is 4.13. The highest BCUT2D eigenvalue weighted by molar-refractivity contribution is 5.40. The minimum absolute atomic E-state index is 0.657. The van der Waals surface area contributed by atoms with Gasteiger partial charge < -0.3 is 5.73 Å². The van der Waals surface area contributed by atoms with Crippen molar-refractivity contribution in [2.75, 3.05) is 5.73 Å². The highest BCUT2D eigenvalue weighted by atomic mass is 15.3. The monoisotopic (exact) mass is 188 g/mol. The zero-order chi connectivity index (χ0) is 10.1. The third kappa shape index (κ3) is 1.46. The molecule has 0 fully saturated rings. The fraction of sp³-hybridized carbons (Fsp3) is 0.200. The van der Waals surface area contributed by atoms with E-state index in [0.717, 1.165) is 17.1 Å². The Balaban J connectivity index is 2.52. The fourth-order valence-corrected chi connectivity index (χ4v) is 1.39. The largest absolute Gasteiger partial charge is 0.396 e. The van der Waals surface area contributed by atoms with E-state index in [1.165, 1.54) is 0 Å². The number of aromatic nitrogens is 3. The highest BCUT2D eigenvalue weighted by Crippen LogP contribution is 2.12. The summed E-state index contributed by atoms with van der Waals surface area (Å²) in [6.07, 6.45) is 3.40. The molecule has 14 heavy (non-hydrogen) atoms. The smallest absolute Gasteiger partial charge is 0.0859 e. The highest BCUT2D eigenvalue weighted by Gasteiger charge is 2.03. The fourth-order valence-electron chi connectivity index (χ4n) is 1.39. The van der Waals surface area contributed by atoms with Gasteiger partial charge in [-0.2, -0.15) is 5.10 Å². The lowest BCUT2D eigenvalue weighted by molar-refractivity contribution is 0.858. The SMILES string of the molecule is Cc1ccc(-n2cc(N)cn2)c(C)n1. The molecule has 0 atom stereocenters. The molecule has 0 saturated heterocycles. The van der Waals surface area contributed by atoms with Gasteiger partial charge in [-0.1, -0.05) is 0 Å². The summed E-state index contributed by atoms with van der Waals surface area (Å²) >= 11 is 0. The summed E-state index contributed by atoms with van der Waals surface area (Å²) < 4.78 is 1.73. The van der Waals surface area contributed by atoms with E-state index in [4.69, 9.17) is 5.73 Å². The van der Waals surface area contributed by atoms with E-state index in [9.17, 15) is 0 Å². The Morgan fingerprint density at radius 1 is 1.29 bits per heavy atom. The maximum atomic E-state index is 5.59. The first kappa shape index (κ1) is 8.74. The van der Waals surface area contributed by atoms with E-state index in [1.807, 2.05) is 26.0 Å². The standard InChI is InChI=1S/C10H12N4/c1-7-3-4-10(8(2)13-7)14-6-9(11)5-12-14/h3-6H,11H2,1-2H3. The molecule has 2 N–H and O–H groups in total. The molecule has 0 aliphatic carbocycles. The van der Waals surface area contributed by atoms with E-state index in [1.54, 1.807) is 17.1 Å². The number of rotatable bonds is 1. The molecule has 4 heteroatoms. The number of nitrogens with two attached hydrogens (primary N) is 1. The number of hydrogen-bond acceptors (Lipinski definition) is 3. The number of hydrogen-bond donors (Lipinski definition) is 1. The Hall–Kier alpha value is -1.84. The van der Waals surface area contributed by atoms with Crippen molar-refractivity contribution in [2.24, 2.45) is 0 Å². The average Bonchev–Trinajstić information content (AvgIpc) is 2.51. The van der Waals surface area contributed by atoms with E-state index in [-0.39, 0.29) is 0 Å². The van der Waals surface area contributed by atoms with Crippen LogP contribution in [0.15, 0.2) is 24.5 Å². The number of nitrogen functional groups attached to an aromatic ring is 1. The average molecular weight is 188 g/mol. The molecule has 0 bridgehead atoms. The molecule has 2 aromatic rings. The van der Waals surface area contributed by atoms with Gasteiger partial charge in [-0.3, -0.25) is 4.98 Å². The van der Waals surface area contributed by atoms with Crippen molar-refractivity contribution in [3.05, 3.63) is 35.9 Å². The van der Waals surface area contributed by atoms with Crippen LogP contribution >= 0.6 is 0 Å². The number of aryl methyl sites for hydroxylation is 2. The molecule has 0 aliphatic heterocycles. The maximum Gasteiger partial charge on any atom is 0.0859 e. The first-order valence-corrected chi connectivity index (χ1v) is 4.41. The summed E-state index contributed by atoms with van der Waals surface area (Å²) in [6.45, 7) is 3.93. The molecule has 2 aromatic heterocycles. The van der Waals surface area contributed by atoms with E-state index in [0.29, 0.717) is 5.69 Å². The molecular formula is C10H12N4. The van der Waals surface area contributed by atoms with Crippen LogP contribution in [0.3, 0.4) is 0 Å². The van der Waals surface area contributed by atoms with Crippen molar-refractivity contribution in [1.82, 2.24) is 14.8 Å². The van der Waals surface area contributed by atoms with E-state index in [2.05, 4.69) is 10.1 Å². The lowest BCUT2D eigenvalue weighted by Gasteiger charge is -2.04. The Kier molecular flexibility index (Phi) is 1.96. The van der Waals surface area contributed by atoms with Crippen LogP contribution in [-0.2, 0) is 0 Å². The quantitative estimate of drug-likeness (QED) is 0.737. The Morgan fingerprint density at radius 3 is 2.64 bits per heavy atom. The van der Waals surface area contributed by atoms with Crippen LogP contribution in [-0.4, -0.2) is 14.8 Å². The Bertz CT molecular complexity index is 459. The molecule has 0 saturated carbocycles. The van der Waals surface area contributed by atoms with Gasteiger partial charge in [0.2, 0.25) is 0 Å². The van der Waals surface area contributed by atoms with E-state index >= 15 is 0 Å². The van der Waals surface area contributed by atoms with Gasteiger partial charge in [0.15, 0.2) is 0 Å². The molecule has 0 spiro atoms. The second kappa shape index (κ2) is 3.14. The molecular weight excluding hydrogens is 176 g/mol. The topological polar surface area (TPSA) is 56.7 Å². The third-order valence-electron chi connectivity index (χ3n) is 2.05. The second-order valence-electron chi connectivity index (χ2n) is 3.28. The van der Waals surface area contributed by atoms with Gasteiger partial charge in [0.1, 0.15) is 0 Å². The van der Waals surface area contributed by atoms with E-state index < -0.39 is 0 Å². The summed E-state index contributed by atoms with van der Waals surface area (Å²) in [4.78, 5) is 4.36. The predicted molar refractivity (Wildman–Crippen MR) is 55.2 cm³/mol. The minimum Gasteiger partial charge on any atom is -0.396 e. The van der Waals surface area contributed by atoms with Gasteiger partial charge in [0.05, 0.1) is 29.5 Å². The van der Waals surface area contributed by atoms with Crippen molar-refractivity contribution in [3.8, 4) is 5.69 Å². The van der Waals surface area contributed by atoms with Gasteiger partial charge in [-0.25, -0.2) is 4.68 Å². The van der Waals surface area contributed by atoms with Crippen LogP contribution in [0.2, 0.25) is 0 Å². The second-order valence-corrected chi connectivity index (χ2v) is 3.28. The molecule has 4 nitrogen and oxygen atoms in total. The normalized spacial score (nSPS) is 10.4. The van der Waals surface area contributed by atoms with Crippen LogP contribution in [0.4, 0.5) is 5.69 Å². The number of pyridine rings is 1. The van der Waals surface area contributed by atoms with Crippen LogP contribution < -0.4 is 5.73 Å². The van der Waals surface area contributed by atoms with Crippen molar-refractivity contribution in [2.45, 2.75) is 13.8 Å². The molecule has 2 rings (SSSR count). The number of anilines is 1. The van der Waals surface area contributed by atoms with Gasteiger partial charge in [-0.05, 0) is 26.0 Å². The lowest BCUT2D eigenvalue weighted by Crippen LogP contribution is -2.00. The molecule has 0 aromatic carbocycles. The zero-order valence-electron chi connectivity index (χ0n) is 8.23. The third-order valence-corrected chi connectivity index (χ3v) is 2.05. The molecule has 2 heterocycles. The minimum atomic E-state index is 0.657. The van der Waals surface area contributed by atoms with Crippen molar-refractivity contribution >= 4 is 5.69 Å². The molecule has 0 radical (unpaired) electrons. The van der Waals surface area contributed by atoms with Gasteiger partial charge in [0.25, 0.3) is 0 Å². The van der Waals surface area contributed by atoms with Crippen LogP contribution in [0.25, 0.3) is 5.69 Å². The Labute approximate surface area is 82.4 Å². The summed E-state index contributed by atoms with van der Waals surface area (Å²) in [7, 11) is 0. The number of nitrogens with zero attached hydrogens (tertiary/aromatic N) is 3. The molecule has 0 amide bonds.